The van der Waals surface area contributed by atoms with Crippen molar-refractivity contribution in [2.24, 2.45) is 11.7 Å². The zero-order valence-electron chi connectivity index (χ0n) is 14.1. The van der Waals surface area contributed by atoms with E-state index in [1.54, 1.807) is 36.4 Å². The van der Waals surface area contributed by atoms with Gasteiger partial charge < -0.3 is 16.4 Å². The number of nitrogens with one attached hydrogen (secondary N) is 2. The molecule has 25 heavy (non-hydrogen) atoms. The molecule has 1 aliphatic rings. The van der Waals surface area contributed by atoms with Gasteiger partial charge in [-0.3, -0.25) is 9.59 Å². The normalized spacial score (nSPS) is 19.4. The van der Waals surface area contributed by atoms with Gasteiger partial charge in [-0.2, -0.15) is 0 Å². The van der Waals surface area contributed by atoms with Crippen molar-refractivity contribution in [1.82, 2.24) is 5.32 Å². The number of rotatable bonds is 5. The van der Waals surface area contributed by atoms with E-state index in [1.807, 2.05) is 18.2 Å². The molecule has 0 spiro atoms. The van der Waals surface area contributed by atoms with Crippen LogP contribution in [0.3, 0.4) is 0 Å². The maximum Gasteiger partial charge on any atom is 0.255 e. The van der Waals surface area contributed by atoms with Gasteiger partial charge in [0.05, 0.1) is 0 Å². The molecule has 0 bridgehead atoms. The highest BCUT2D eigenvalue weighted by Gasteiger charge is 2.27. The van der Waals surface area contributed by atoms with Crippen molar-refractivity contribution in [3.05, 3.63) is 65.7 Å². The van der Waals surface area contributed by atoms with Crippen molar-refractivity contribution in [3.63, 3.8) is 0 Å². The van der Waals surface area contributed by atoms with Gasteiger partial charge in [0.2, 0.25) is 0 Å². The number of anilines is 1. The minimum Gasteiger partial charge on any atom is -0.349 e. The van der Waals surface area contributed by atoms with Gasteiger partial charge in [0, 0.05) is 22.9 Å². The molecule has 5 heteroatoms. The highest BCUT2D eigenvalue weighted by atomic mass is 16.2. The summed E-state index contributed by atoms with van der Waals surface area (Å²) >= 11 is 0. The van der Waals surface area contributed by atoms with Crippen LogP contribution in [0.1, 0.15) is 40.0 Å². The maximum atomic E-state index is 12.4. The van der Waals surface area contributed by atoms with Crippen LogP contribution in [0.4, 0.5) is 5.69 Å². The number of hydrogen-bond acceptors (Lipinski definition) is 3. The number of hydrogen-bond donors (Lipinski definition) is 3. The zero-order valence-corrected chi connectivity index (χ0v) is 14.1. The van der Waals surface area contributed by atoms with E-state index >= 15 is 0 Å². The predicted molar refractivity (Wildman–Crippen MR) is 98.5 cm³/mol. The molecule has 0 aromatic heterocycles. The van der Waals surface area contributed by atoms with Crippen molar-refractivity contribution in [2.75, 3.05) is 11.9 Å². The van der Waals surface area contributed by atoms with Crippen LogP contribution in [-0.2, 0) is 0 Å². The molecule has 2 amide bonds. The van der Waals surface area contributed by atoms with Crippen LogP contribution in [0.2, 0.25) is 0 Å². The van der Waals surface area contributed by atoms with Crippen molar-refractivity contribution >= 4 is 17.5 Å². The molecule has 0 saturated heterocycles. The fourth-order valence-corrected chi connectivity index (χ4v) is 3.26. The Morgan fingerprint density at radius 2 is 1.60 bits per heavy atom. The van der Waals surface area contributed by atoms with E-state index in [1.165, 1.54) is 0 Å². The van der Waals surface area contributed by atoms with E-state index in [4.69, 9.17) is 5.73 Å². The monoisotopic (exact) mass is 337 g/mol. The van der Waals surface area contributed by atoms with Gasteiger partial charge in [-0.05, 0) is 61.7 Å². The molecular formula is C20H23N3O2. The van der Waals surface area contributed by atoms with E-state index in [0.717, 1.165) is 19.3 Å². The maximum absolute atomic E-state index is 12.4. The average Bonchev–Trinajstić information content (AvgIpc) is 3.10. The lowest BCUT2D eigenvalue weighted by molar-refractivity contribution is 0.0928. The van der Waals surface area contributed by atoms with Crippen LogP contribution < -0.4 is 16.4 Å². The van der Waals surface area contributed by atoms with Gasteiger partial charge in [-0.15, -0.1) is 0 Å². The standard InChI is InChI=1S/C20H23N3O2/c21-13-16-7-4-8-18(16)23-20(25)15-9-11-17(12-10-15)22-19(24)14-5-2-1-3-6-14/h1-3,5-6,9-12,16,18H,4,7-8,13,21H2,(H,22,24)(H,23,25). The first kappa shape index (κ1) is 17.2. The Kier molecular flexibility index (Phi) is 5.46. The molecule has 130 valence electrons. The molecule has 1 fully saturated rings. The van der Waals surface area contributed by atoms with Gasteiger partial charge in [0.25, 0.3) is 11.8 Å². The number of nitrogens with two attached hydrogens (primary N) is 1. The van der Waals surface area contributed by atoms with E-state index in [2.05, 4.69) is 10.6 Å². The summed E-state index contributed by atoms with van der Waals surface area (Å²) in [6.07, 6.45) is 3.17. The Balaban J connectivity index is 1.60. The minimum absolute atomic E-state index is 0.0914. The molecule has 1 aliphatic carbocycles. The highest BCUT2D eigenvalue weighted by molar-refractivity contribution is 6.04. The topological polar surface area (TPSA) is 84.2 Å². The summed E-state index contributed by atoms with van der Waals surface area (Å²) in [4.78, 5) is 24.5. The number of carbonyl (C=O) groups excluding carboxylic acids is 2. The summed E-state index contributed by atoms with van der Waals surface area (Å²) in [5.41, 5.74) is 7.60. The molecular weight excluding hydrogens is 314 g/mol. The molecule has 2 atom stereocenters. The molecule has 0 radical (unpaired) electrons. The third kappa shape index (κ3) is 4.25. The largest absolute Gasteiger partial charge is 0.349 e. The fourth-order valence-electron chi connectivity index (χ4n) is 3.26. The number of amides is 2. The lowest BCUT2D eigenvalue weighted by atomic mass is 10.0. The van der Waals surface area contributed by atoms with Crippen molar-refractivity contribution in [3.8, 4) is 0 Å². The van der Waals surface area contributed by atoms with Crippen LogP contribution in [0, 0.1) is 5.92 Å². The van der Waals surface area contributed by atoms with Gasteiger partial charge in [0.1, 0.15) is 0 Å². The summed E-state index contributed by atoms with van der Waals surface area (Å²) in [6.45, 7) is 0.607. The summed E-state index contributed by atoms with van der Waals surface area (Å²) in [6, 6.07) is 16.1. The average molecular weight is 337 g/mol. The molecule has 2 unspecified atom stereocenters. The first-order chi connectivity index (χ1) is 12.2. The zero-order chi connectivity index (χ0) is 17.6. The van der Waals surface area contributed by atoms with Crippen LogP contribution in [0.5, 0.6) is 0 Å². The third-order valence-corrected chi connectivity index (χ3v) is 4.72. The number of benzene rings is 2. The van der Waals surface area contributed by atoms with E-state index in [-0.39, 0.29) is 17.9 Å². The summed E-state index contributed by atoms with van der Waals surface area (Å²) in [5.74, 6) is 0.106. The van der Waals surface area contributed by atoms with Gasteiger partial charge in [-0.1, -0.05) is 24.6 Å². The van der Waals surface area contributed by atoms with Crippen LogP contribution >= 0.6 is 0 Å². The summed E-state index contributed by atoms with van der Waals surface area (Å²) in [7, 11) is 0. The van der Waals surface area contributed by atoms with Crippen LogP contribution in [0.25, 0.3) is 0 Å². The number of carbonyl (C=O) groups is 2. The highest BCUT2D eigenvalue weighted by Crippen LogP contribution is 2.25. The van der Waals surface area contributed by atoms with Gasteiger partial charge in [-0.25, -0.2) is 0 Å². The lowest BCUT2D eigenvalue weighted by Gasteiger charge is -2.19. The predicted octanol–water partition coefficient (Wildman–Crippen LogP) is 2.80. The fraction of sp³-hybridized carbons (Fsp3) is 0.300. The van der Waals surface area contributed by atoms with Crippen LogP contribution in [-0.4, -0.2) is 24.4 Å². The first-order valence-electron chi connectivity index (χ1n) is 8.65. The second-order valence-corrected chi connectivity index (χ2v) is 6.40. The SMILES string of the molecule is NCC1CCCC1NC(=O)c1ccc(NC(=O)c2ccccc2)cc1. The molecule has 3 rings (SSSR count). The first-order valence-corrected chi connectivity index (χ1v) is 8.65. The van der Waals surface area contributed by atoms with Crippen molar-refractivity contribution < 1.29 is 9.59 Å². The van der Waals surface area contributed by atoms with Gasteiger partial charge in [0.15, 0.2) is 0 Å². The Morgan fingerprint density at radius 3 is 2.28 bits per heavy atom. The molecule has 5 nitrogen and oxygen atoms in total. The minimum atomic E-state index is -0.172. The second-order valence-electron chi connectivity index (χ2n) is 6.40. The van der Waals surface area contributed by atoms with Gasteiger partial charge >= 0.3 is 0 Å². The van der Waals surface area contributed by atoms with Crippen LogP contribution in [0.15, 0.2) is 54.6 Å². The lowest BCUT2D eigenvalue weighted by Crippen LogP contribution is -2.39. The Labute approximate surface area is 147 Å². The third-order valence-electron chi connectivity index (χ3n) is 4.72. The van der Waals surface area contributed by atoms with Crippen molar-refractivity contribution in [2.45, 2.75) is 25.3 Å². The Bertz CT molecular complexity index is 728. The molecule has 1 saturated carbocycles. The van der Waals surface area contributed by atoms with E-state index in [9.17, 15) is 9.59 Å². The molecule has 4 N–H and O–H groups in total. The Hall–Kier alpha value is -2.66. The smallest absolute Gasteiger partial charge is 0.255 e. The van der Waals surface area contributed by atoms with E-state index < -0.39 is 0 Å². The summed E-state index contributed by atoms with van der Waals surface area (Å²) < 4.78 is 0. The quantitative estimate of drug-likeness (QED) is 0.784. The molecule has 2 aromatic carbocycles. The van der Waals surface area contributed by atoms with E-state index in [0.29, 0.717) is 29.3 Å². The van der Waals surface area contributed by atoms with Crippen molar-refractivity contribution in [1.29, 1.82) is 0 Å². The Morgan fingerprint density at radius 1 is 0.920 bits per heavy atom. The molecule has 0 heterocycles. The molecule has 0 aliphatic heterocycles. The molecule has 2 aromatic rings. The second kappa shape index (κ2) is 7.94. The summed E-state index contributed by atoms with van der Waals surface area (Å²) in [5, 5.41) is 5.90.